The van der Waals surface area contributed by atoms with E-state index in [0.717, 1.165) is 27.9 Å². The molecule has 0 aliphatic carbocycles. The van der Waals surface area contributed by atoms with Gasteiger partial charge in [0.25, 0.3) is 5.91 Å². The van der Waals surface area contributed by atoms with Crippen molar-refractivity contribution in [3.05, 3.63) is 130 Å². The van der Waals surface area contributed by atoms with Gasteiger partial charge in [0, 0.05) is 28.8 Å². The van der Waals surface area contributed by atoms with Crippen molar-refractivity contribution < 1.29 is 31.8 Å². The van der Waals surface area contributed by atoms with Gasteiger partial charge in [0.2, 0.25) is 0 Å². The first-order valence-electron chi connectivity index (χ1n) is 12.1. The molecule has 1 unspecified atom stereocenters. The summed E-state index contributed by atoms with van der Waals surface area (Å²) in [6, 6.07) is 18.4. The van der Waals surface area contributed by atoms with Crippen LogP contribution in [0.1, 0.15) is 38.0 Å². The van der Waals surface area contributed by atoms with Gasteiger partial charge < -0.3 is 9.47 Å². The van der Waals surface area contributed by atoms with Gasteiger partial charge in [-0.2, -0.15) is 5.10 Å². The summed E-state index contributed by atoms with van der Waals surface area (Å²) >= 11 is 1.08. The minimum Gasteiger partial charge on any atom is -0.492 e. The molecule has 0 saturated carbocycles. The van der Waals surface area contributed by atoms with E-state index in [-0.39, 0.29) is 17.4 Å². The van der Waals surface area contributed by atoms with Gasteiger partial charge in [-0.25, -0.2) is 22.6 Å². The Hall–Kier alpha value is -4.75. The Kier molecular flexibility index (Phi) is 7.99. The number of ether oxygens (including phenoxy) is 2. The van der Waals surface area contributed by atoms with Crippen LogP contribution in [0.25, 0.3) is 0 Å². The number of carbonyl (C=O) groups excluding carboxylic acids is 1. The van der Waals surface area contributed by atoms with E-state index in [2.05, 4.69) is 11.0 Å². The number of benzene rings is 4. The molecular weight excluding hydrogens is 556 g/mol. The molecule has 5 rings (SSSR count). The normalized spacial score (nSPS) is 14.4. The monoisotopic (exact) mass is 576 g/mol. The predicted molar refractivity (Wildman–Crippen MR) is 147 cm³/mol. The first-order chi connectivity index (χ1) is 19.8. The number of halogens is 4. The summed E-state index contributed by atoms with van der Waals surface area (Å²) in [6.45, 7) is 0.175. The van der Waals surface area contributed by atoms with E-state index >= 15 is 0 Å². The van der Waals surface area contributed by atoms with Gasteiger partial charge >= 0.3 is 0 Å². The summed E-state index contributed by atoms with van der Waals surface area (Å²) in [6.07, 6.45) is 5.41. The Morgan fingerprint density at radius 3 is 2.29 bits per heavy atom. The molecule has 1 atom stereocenters. The van der Waals surface area contributed by atoms with Crippen LogP contribution in [0.5, 0.6) is 11.5 Å². The van der Waals surface area contributed by atoms with E-state index < -0.39 is 40.1 Å². The number of hydrogen-bond donors (Lipinski definition) is 0. The van der Waals surface area contributed by atoms with Gasteiger partial charge in [0.1, 0.15) is 45.9 Å². The molecule has 0 aromatic heterocycles. The van der Waals surface area contributed by atoms with Crippen molar-refractivity contribution in [2.24, 2.45) is 5.10 Å². The molecule has 1 aliphatic rings. The van der Waals surface area contributed by atoms with Gasteiger partial charge in [0.15, 0.2) is 11.5 Å². The first kappa shape index (κ1) is 27.8. The Balaban J connectivity index is 1.53. The number of nitrogens with zero attached hydrogens (tertiary/aromatic N) is 2. The number of hydrogen-bond acceptors (Lipinski definition) is 5. The average Bonchev–Trinajstić information content (AvgIpc) is 3.41. The average molecular weight is 577 g/mol. The fourth-order valence-electron chi connectivity index (χ4n) is 4.17. The molecule has 10 heteroatoms. The number of terminal acetylenes is 1. The third-order valence-corrected chi connectivity index (χ3v) is 7.38. The van der Waals surface area contributed by atoms with Gasteiger partial charge in [-0.3, -0.25) is 4.79 Å². The standard InChI is InChI=1S/C31H20F4N2O3S/c1-3-18-7-9-19(10-8-18)17-40-26-6-4-5-23(28(26)39-2)31-37(30(38)27-24(34)15-22(33)16-25(27)35)36-29(41-31)20-11-13-21(32)14-12-20/h1,4-16,31H,17H2,2H3. The van der Waals surface area contributed by atoms with Crippen molar-refractivity contribution in [1.29, 1.82) is 0 Å². The summed E-state index contributed by atoms with van der Waals surface area (Å²) in [7, 11) is 1.42. The van der Waals surface area contributed by atoms with E-state index in [1.165, 1.54) is 31.4 Å². The highest BCUT2D eigenvalue weighted by atomic mass is 32.2. The predicted octanol–water partition coefficient (Wildman–Crippen LogP) is 7.06. The molecule has 1 heterocycles. The molecular formula is C31H20F4N2O3S. The van der Waals surface area contributed by atoms with E-state index in [1.807, 2.05) is 12.1 Å². The molecule has 0 fully saturated rings. The van der Waals surface area contributed by atoms with E-state index in [1.54, 1.807) is 30.3 Å². The SMILES string of the molecule is C#Cc1ccc(COc2cccc(C3SC(c4ccc(F)cc4)=NN3C(=O)c3c(F)cc(F)cc3F)c2OC)cc1. The molecule has 4 aromatic rings. The summed E-state index contributed by atoms with van der Waals surface area (Å²) in [5.41, 5.74) is 1.48. The Labute approximate surface area is 237 Å². The topological polar surface area (TPSA) is 51.1 Å². The zero-order valence-electron chi connectivity index (χ0n) is 21.4. The van der Waals surface area contributed by atoms with Gasteiger partial charge in [0.05, 0.1) is 7.11 Å². The molecule has 1 amide bonds. The Bertz CT molecular complexity index is 1660. The third kappa shape index (κ3) is 5.76. The highest BCUT2D eigenvalue weighted by Crippen LogP contribution is 2.48. The van der Waals surface area contributed by atoms with Crippen LogP contribution in [0, 0.1) is 35.6 Å². The molecule has 206 valence electrons. The third-order valence-electron chi connectivity index (χ3n) is 6.16. The highest BCUT2D eigenvalue weighted by molar-refractivity contribution is 8.14. The molecule has 0 radical (unpaired) electrons. The molecule has 4 aromatic carbocycles. The van der Waals surface area contributed by atoms with Crippen LogP contribution in [0.2, 0.25) is 0 Å². The van der Waals surface area contributed by atoms with Crippen LogP contribution >= 0.6 is 11.8 Å². The number of thioether (sulfide) groups is 1. The second kappa shape index (κ2) is 11.8. The fraction of sp³-hybridized carbons (Fsp3) is 0.0968. The van der Waals surface area contributed by atoms with Crippen molar-refractivity contribution in [2.45, 2.75) is 12.0 Å². The minimum absolute atomic E-state index is 0.175. The zero-order valence-corrected chi connectivity index (χ0v) is 22.2. The number of methoxy groups -OCH3 is 1. The largest absolute Gasteiger partial charge is 0.492 e. The van der Waals surface area contributed by atoms with Crippen LogP contribution < -0.4 is 9.47 Å². The molecule has 0 N–H and O–H groups in total. The van der Waals surface area contributed by atoms with Gasteiger partial charge in [-0.1, -0.05) is 41.9 Å². The van der Waals surface area contributed by atoms with E-state index in [9.17, 15) is 22.4 Å². The first-order valence-corrected chi connectivity index (χ1v) is 13.0. The number of para-hydroxylation sites is 1. The lowest BCUT2D eigenvalue weighted by Crippen LogP contribution is -2.28. The summed E-state index contributed by atoms with van der Waals surface area (Å²) in [5.74, 6) is -2.38. The van der Waals surface area contributed by atoms with Crippen molar-refractivity contribution in [3.63, 3.8) is 0 Å². The summed E-state index contributed by atoms with van der Waals surface area (Å²) < 4.78 is 68.1. The molecule has 0 saturated heterocycles. The molecule has 41 heavy (non-hydrogen) atoms. The van der Waals surface area contributed by atoms with Crippen LogP contribution in [-0.4, -0.2) is 23.1 Å². The lowest BCUT2D eigenvalue weighted by molar-refractivity contribution is 0.0737. The maximum Gasteiger partial charge on any atom is 0.281 e. The van der Waals surface area contributed by atoms with E-state index in [4.69, 9.17) is 15.9 Å². The van der Waals surface area contributed by atoms with Crippen molar-refractivity contribution in [1.82, 2.24) is 5.01 Å². The van der Waals surface area contributed by atoms with Crippen molar-refractivity contribution in [2.75, 3.05) is 7.11 Å². The van der Waals surface area contributed by atoms with Gasteiger partial charge in [-0.05, 0) is 48.0 Å². The number of carbonyl (C=O) groups is 1. The number of amides is 1. The van der Waals surface area contributed by atoms with Crippen molar-refractivity contribution >= 4 is 22.7 Å². The van der Waals surface area contributed by atoms with Crippen LogP contribution in [0.4, 0.5) is 17.6 Å². The van der Waals surface area contributed by atoms with Crippen LogP contribution in [0.3, 0.4) is 0 Å². The molecule has 0 bridgehead atoms. The number of rotatable bonds is 7. The maximum atomic E-state index is 14.6. The van der Waals surface area contributed by atoms with Crippen LogP contribution in [-0.2, 0) is 6.61 Å². The Morgan fingerprint density at radius 1 is 0.976 bits per heavy atom. The quantitative estimate of drug-likeness (QED) is 0.175. The van der Waals surface area contributed by atoms with E-state index in [0.29, 0.717) is 29.0 Å². The van der Waals surface area contributed by atoms with Crippen LogP contribution in [0.15, 0.2) is 84.0 Å². The fourth-order valence-corrected chi connectivity index (χ4v) is 5.35. The molecule has 5 nitrogen and oxygen atoms in total. The molecule has 0 spiro atoms. The lowest BCUT2D eigenvalue weighted by Gasteiger charge is -2.24. The van der Waals surface area contributed by atoms with Crippen molar-refractivity contribution in [3.8, 4) is 23.8 Å². The lowest BCUT2D eigenvalue weighted by atomic mass is 10.1. The second-order valence-electron chi connectivity index (χ2n) is 8.78. The maximum absolute atomic E-state index is 14.6. The smallest absolute Gasteiger partial charge is 0.281 e. The second-order valence-corrected chi connectivity index (χ2v) is 9.85. The highest BCUT2D eigenvalue weighted by Gasteiger charge is 2.39. The zero-order chi connectivity index (χ0) is 29.1. The molecule has 1 aliphatic heterocycles. The summed E-state index contributed by atoms with van der Waals surface area (Å²) in [4.78, 5) is 13.5. The summed E-state index contributed by atoms with van der Waals surface area (Å²) in [5, 5.41) is 4.55. The Morgan fingerprint density at radius 2 is 1.66 bits per heavy atom. The minimum atomic E-state index is -1.37. The number of hydrazone groups is 1. The van der Waals surface area contributed by atoms with Gasteiger partial charge in [-0.15, -0.1) is 6.42 Å².